The normalized spacial score (nSPS) is 20.2. The van der Waals surface area contributed by atoms with Crippen LogP contribution in [0.2, 0.25) is 0 Å². The maximum Gasteiger partial charge on any atom is 0.161 e. The monoisotopic (exact) mass is 155 g/mol. The molecular formula is C8H10FNO. The largest absolute Gasteiger partial charge is 0.465 e. The fourth-order valence-corrected chi connectivity index (χ4v) is 1.19. The maximum absolute atomic E-state index is 12.4. The Morgan fingerprint density at radius 3 is 2.82 bits per heavy atom. The van der Waals surface area contributed by atoms with Crippen LogP contribution in [0.1, 0.15) is 24.6 Å². The summed E-state index contributed by atoms with van der Waals surface area (Å²) in [4.78, 5) is 0. The lowest BCUT2D eigenvalue weighted by atomic mass is 10.1. The standard InChI is InChI=1S/C8H10FNO/c9-6-3-7(11-4-6)8(10)5-1-2-5/h3-5,8H,1-2,10H2. The van der Waals surface area contributed by atoms with Crippen LogP contribution in [0.5, 0.6) is 0 Å². The van der Waals surface area contributed by atoms with Gasteiger partial charge in [-0.3, -0.25) is 0 Å². The Morgan fingerprint density at radius 2 is 2.36 bits per heavy atom. The van der Waals surface area contributed by atoms with Gasteiger partial charge in [-0.1, -0.05) is 0 Å². The Hall–Kier alpha value is -0.830. The number of rotatable bonds is 2. The minimum absolute atomic E-state index is 0.0977. The van der Waals surface area contributed by atoms with E-state index in [4.69, 9.17) is 10.2 Å². The lowest BCUT2D eigenvalue weighted by molar-refractivity contribution is 0.437. The maximum atomic E-state index is 12.4. The molecular weight excluding hydrogens is 145 g/mol. The molecule has 1 heterocycles. The van der Waals surface area contributed by atoms with E-state index in [9.17, 15) is 4.39 Å². The van der Waals surface area contributed by atoms with Gasteiger partial charge in [0.25, 0.3) is 0 Å². The Kier molecular flexibility index (Phi) is 1.46. The predicted octanol–water partition coefficient (Wildman–Crippen LogP) is 1.83. The molecule has 0 saturated heterocycles. The second-order valence-electron chi connectivity index (χ2n) is 3.03. The molecule has 0 bridgehead atoms. The van der Waals surface area contributed by atoms with E-state index in [1.807, 2.05) is 0 Å². The third kappa shape index (κ3) is 1.28. The molecule has 0 amide bonds. The van der Waals surface area contributed by atoms with Crippen molar-refractivity contribution in [1.82, 2.24) is 0 Å². The lowest BCUT2D eigenvalue weighted by Gasteiger charge is -2.03. The van der Waals surface area contributed by atoms with Gasteiger partial charge < -0.3 is 10.2 Å². The summed E-state index contributed by atoms with van der Waals surface area (Å²) in [7, 11) is 0. The van der Waals surface area contributed by atoms with Gasteiger partial charge in [-0.2, -0.15) is 0 Å². The van der Waals surface area contributed by atoms with Gasteiger partial charge in [0.05, 0.1) is 6.04 Å². The molecule has 1 aromatic heterocycles. The van der Waals surface area contributed by atoms with Gasteiger partial charge in [0.1, 0.15) is 12.0 Å². The highest BCUT2D eigenvalue weighted by Gasteiger charge is 2.31. The quantitative estimate of drug-likeness (QED) is 0.707. The molecule has 1 aliphatic rings. The highest BCUT2D eigenvalue weighted by Crippen LogP contribution is 2.39. The van der Waals surface area contributed by atoms with Crippen molar-refractivity contribution in [2.45, 2.75) is 18.9 Å². The van der Waals surface area contributed by atoms with Crippen LogP contribution in [0.4, 0.5) is 4.39 Å². The number of halogens is 1. The van der Waals surface area contributed by atoms with Gasteiger partial charge in [0.15, 0.2) is 5.82 Å². The molecule has 0 radical (unpaired) electrons. The molecule has 1 atom stereocenters. The first-order chi connectivity index (χ1) is 5.27. The Morgan fingerprint density at radius 1 is 1.64 bits per heavy atom. The van der Waals surface area contributed by atoms with Gasteiger partial charge in [-0.05, 0) is 18.8 Å². The predicted molar refractivity (Wildman–Crippen MR) is 38.3 cm³/mol. The van der Waals surface area contributed by atoms with Crippen LogP contribution >= 0.6 is 0 Å². The van der Waals surface area contributed by atoms with Crippen molar-refractivity contribution < 1.29 is 8.81 Å². The minimum atomic E-state index is -0.337. The van der Waals surface area contributed by atoms with E-state index in [2.05, 4.69) is 0 Å². The number of hydrogen-bond acceptors (Lipinski definition) is 2. The molecule has 0 aromatic carbocycles. The van der Waals surface area contributed by atoms with Crippen molar-refractivity contribution in [2.24, 2.45) is 11.7 Å². The topological polar surface area (TPSA) is 39.2 Å². The van der Waals surface area contributed by atoms with Crippen LogP contribution in [0, 0.1) is 11.7 Å². The van der Waals surface area contributed by atoms with Crippen LogP contribution in [0.3, 0.4) is 0 Å². The molecule has 2 nitrogen and oxygen atoms in total. The molecule has 0 spiro atoms. The number of furan rings is 1. The SMILES string of the molecule is NC(c1cc(F)co1)C1CC1. The Labute approximate surface area is 64.2 Å². The minimum Gasteiger partial charge on any atom is -0.465 e. The third-order valence-electron chi connectivity index (χ3n) is 2.05. The zero-order valence-electron chi connectivity index (χ0n) is 6.09. The van der Waals surface area contributed by atoms with Crippen LogP contribution in [-0.4, -0.2) is 0 Å². The van der Waals surface area contributed by atoms with Gasteiger partial charge in [-0.25, -0.2) is 4.39 Å². The van der Waals surface area contributed by atoms with E-state index < -0.39 is 0 Å². The second kappa shape index (κ2) is 2.34. The van der Waals surface area contributed by atoms with Crippen molar-refractivity contribution >= 4 is 0 Å². The van der Waals surface area contributed by atoms with E-state index >= 15 is 0 Å². The second-order valence-corrected chi connectivity index (χ2v) is 3.03. The Bertz CT molecular complexity index is 254. The van der Waals surface area contributed by atoms with E-state index in [1.165, 1.54) is 6.07 Å². The molecule has 1 aliphatic carbocycles. The van der Waals surface area contributed by atoms with Crippen molar-refractivity contribution in [2.75, 3.05) is 0 Å². The zero-order valence-corrected chi connectivity index (χ0v) is 6.09. The highest BCUT2D eigenvalue weighted by molar-refractivity contribution is 5.08. The van der Waals surface area contributed by atoms with Crippen molar-refractivity contribution in [1.29, 1.82) is 0 Å². The molecule has 1 saturated carbocycles. The van der Waals surface area contributed by atoms with Crippen LogP contribution in [0.15, 0.2) is 16.7 Å². The molecule has 3 heteroatoms. The molecule has 1 unspecified atom stereocenters. The summed E-state index contributed by atoms with van der Waals surface area (Å²) >= 11 is 0. The molecule has 1 fully saturated rings. The average Bonchev–Trinajstić information content (AvgIpc) is 2.74. The van der Waals surface area contributed by atoms with Crippen molar-refractivity contribution in [3.8, 4) is 0 Å². The third-order valence-corrected chi connectivity index (χ3v) is 2.05. The summed E-state index contributed by atoms with van der Waals surface area (Å²) in [5, 5.41) is 0. The van der Waals surface area contributed by atoms with E-state index in [0.29, 0.717) is 11.7 Å². The van der Waals surface area contributed by atoms with E-state index in [0.717, 1.165) is 19.1 Å². The molecule has 2 rings (SSSR count). The fraction of sp³-hybridized carbons (Fsp3) is 0.500. The van der Waals surface area contributed by atoms with Crippen LogP contribution in [0.25, 0.3) is 0 Å². The average molecular weight is 155 g/mol. The highest BCUT2D eigenvalue weighted by atomic mass is 19.1. The molecule has 11 heavy (non-hydrogen) atoms. The van der Waals surface area contributed by atoms with Crippen molar-refractivity contribution in [3.63, 3.8) is 0 Å². The first-order valence-corrected chi connectivity index (χ1v) is 3.77. The first kappa shape index (κ1) is 6.85. The van der Waals surface area contributed by atoms with E-state index in [1.54, 1.807) is 0 Å². The molecule has 2 N–H and O–H groups in total. The van der Waals surface area contributed by atoms with Crippen molar-refractivity contribution in [3.05, 3.63) is 23.9 Å². The fourth-order valence-electron chi connectivity index (χ4n) is 1.19. The van der Waals surface area contributed by atoms with Gasteiger partial charge >= 0.3 is 0 Å². The molecule has 1 aromatic rings. The number of nitrogens with two attached hydrogens (primary N) is 1. The van der Waals surface area contributed by atoms with Crippen LogP contribution in [-0.2, 0) is 0 Å². The number of hydrogen-bond donors (Lipinski definition) is 1. The molecule has 0 aliphatic heterocycles. The van der Waals surface area contributed by atoms with Crippen LogP contribution < -0.4 is 5.73 Å². The lowest BCUT2D eigenvalue weighted by Crippen LogP contribution is -2.10. The summed E-state index contributed by atoms with van der Waals surface area (Å²) < 4.78 is 17.3. The van der Waals surface area contributed by atoms with Gasteiger partial charge in [0, 0.05) is 6.07 Å². The zero-order chi connectivity index (χ0) is 7.84. The molecule has 60 valence electrons. The summed E-state index contributed by atoms with van der Waals surface area (Å²) in [6.45, 7) is 0. The van der Waals surface area contributed by atoms with E-state index in [-0.39, 0.29) is 11.9 Å². The van der Waals surface area contributed by atoms with Gasteiger partial charge in [-0.15, -0.1) is 0 Å². The summed E-state index contributed by atoms with van der Waals surface area (Å²) in [5.74, 6) is 0.752. The Balaban J connectivity index is 2.14. The smallest absolute Gasteiger partial charge is 0.161 e. The van der Waals surface area contributed by atoms with Gasteiger partial charge in [0.2, 0.25) is 0 Å². The summed E-state index contributed by atoms with van der Waals surface area (Å²) in [5.41, 5.74) is 5.75. The summed E-state index contributed by atoms with van der Waals surface area (Å²) in [6.07, 6.45) is 3.38. The first-order valence-electron chi connectivity index (χ1n) is 3.77. The summed E-state index contributed by atoms with van der Waals surface area (Å²) in [6, 6.07) is 1.27.